The number of anilines is 2. The van der Waals surface area contributed by atoms with Crippen molar-refractivity contribution in [2.24, 2.45) is 7.05 Å². The number of fused-ring (bicyclic) bond motifs is 3. The molecule has 2 aromatic heterocycles. The number of para-hydroxylation sites is 1. The number of nitrogens with zero attached hydrogens (tertiary/aromatic N) is 5. The van der Waals surface area contributed by atoms with E-state index in [0.29, 0.717) is 28.7 Å². The van der Waals surface area contributed by atoms with Crippen molar-refractivity contribution in [3.05, 3.63) is 86.0 Å². The second-order valence-electron chi connectivity index (χ2n) is 7.09. The van der Waals surface area contributed by atoms with Crippen molar-refractivity contribution in [1.82, 2.24) is 18.7 Å². The fourth-order valence-corrected chi connectivity index (χ4v) is 4.10. The third kappa shape index (κ3) is 2.77. The minimum Gasteiger partial charge on any atom is -0.310 e. The van der Waals surface area contributed by atoms with E-state index in [0.717, 1.165) is 17.8 Å². The number of aryl methyl sites for hydroxylation is 1. The highest BCUT2D eigenvalue weighted by molar-refractivity contribution is 6.30. The first-order valence-corrected chi connectivity index (χ1v) is 9.69. The quantitative estimate of drug-likeness (QED) is 0.524. The predicted octanol–water partition coefficient (Wildman–Crippen LogP) is 2.75. The first-order valence-electron chi connectivity index (χ1n) is 9.31. The van der Waals surface area contributed by atoms with Crippen LogP contribution in [-0.4, -0.2) is 25.2 Å². The number of aromatic nitrogens is 4. The molecule has 1 aliphatic heterocycles. The van der Waals surface area contributed by atoms with Crippen LogP contribution < -0.4 is 16.1 Å². The lowest BCUT2D eigenvalue weighted by Gasteiger charge is -2.15. The molecule has 0 bridgehead atoms. The molecule has 0 spiro atoms. The highest BCUT2D eigenvalue weighted by Crippen LogP contribution is 2.31. The Bertz CT molecular complexity index is 1350. The SMILES string of the molecule is Cn1c(=O)n(Cc2cccc(Cl)c2)c(=O)c2c1nc1n2CCN1c1ccccc1. The topological polar surface area (TPSA) is 65.1 Å². The van der Waals surface area contributed by atoms with Crippen LogP contribution in [0.3, 0.4) is 0 Å². The van der Waals surface area contributed by atoms with Gasteiger partial charge in [-0.2, -0.15) is 4.98 Å². The maximum Gasteiger partial charge on any atom is 0.332 e. The Balaban J connectivity index is 1.69. The molecule has 0 fully saturated rings. The molecule has 0 unspecified atom stereocenters. The molecule has 0 amide bonds. The van der Waals surface area contributed by atoms with Crippen LogP contribution in [0.2, 0.25) is 5.02 Å². The Morgan fingerprint density at radius 2 is 1.83 bits per heavy atom. The molecule has 4 aromatic rings. The van der Waals surface area contributed by atoms with Crippen molar-refractivity contribution in [2.75, 3.05) is 11.4 Å². The number of imidazole rings is 1. The van der Waals surface area contributed by atoms with Crippen molar-refractivity contribution in [1.29, 1.82) is 0 Å². The summed E-state index contributed by atoms with van der Waals surface area (Å²) in [7, 11) is 1.65. The van der Waals surface area contributed by atoms with Gasteiger partial charge in [0.25, 0.3) is 5.56 Å². The van der Waals surface area contributed by atoms with Crippen molar-refractivity contribution >= 4 is 34.4 Å². The monoisotopic (exact) mass is 407 g/mol. The molecule has 5 rings (SSSR count). The summed E-state index contributed by atoms with van der Waals surface area (Å²) in [5.41, 5.74) is 1.91. The normalized spacial score (nSPS) is 13.2. The zero-order chi connectivity index (χ0) is 20.1. The highest BCUT2D eigenvalue weighted by Gasteiger charge is 2.28. The lowest BCUT2D eigenvalue weighted by Crippen LogP contribution is -2.40. The first kappa shape index (κ1) is 17.8. The Labute approximate surface area is 171 Å². The third-order valence-electron chi connectivity index (χ3n) is 5.30. The Kier molecular flexibility index (Phi) is 4.06. The minimum absolute atomic E-state index is 0.158. The van der Waals surface area contributed by atoms with Crippen molar-refractivity contribution in [3.8, 4) is 0 Å². The molecule has 0 N–H and O–H groups in total. The van der Waals surface area contributed by atoms with E-state index in [4.69, 9.17) is 11.6 Å². The van der Waals surface area contributed by atoms with Gasteiger partial charge in [0.05, 0.1) is 6.54 Å². The summed E-state index contributed by atoms with van der Waals surface area (Å²) >= 11 is 6.06. The summed E-state index contributed by atoms with van der Waals surface area (Å²) in [6.45, 7) is 1.51. The molecule has 7 nitrogen and oxygen atoms in total. The van der Waals surface area contributed by atoms with Crippen LogP contribution in [0, 0.1) is 0 Å². The molecule has 0 saturated heterocycles. The van der Waals surface area contributed by atoms with Gasteiger partial charge in [0.15, 0.2) is 11.2 Å². The highest BCUT2D eigenvalue weighted by atomic mass is 35.5. The Morgan fingerprint density at radius 1 is 1.03 bits per heavy atom. The van der Waals surface area contributed by atoms with E-state index < -0.39 is 5.69 Å². The van der Waals surface area contributed by atoms with Gasteiger partial charge in [-0.25, -0.2) is 4.79 Å². The Morgan fingerprint density at radius 3 is 2.59 bits per heavy atom. The van der Waals surface area contributed by atoms with Crippen LogP contribution in [0.25, 0.3) is 11.2 Å². The number of hydrogen-bond donors (Lipinski definition) is 0. The second-order valence-corrected chi connectivity index (χ2v) is 7.52. The van der Waals surface area contributed by atoms with E-state index >= 15 is 0 Å². The van der Waals surface area contributed by atoms with Crippen LogP contribution in [-0.2, 0) is 20.1 Å². The van der Waals surface area contributed by atoms with Crippen LogP contribution >= 0.6 is 11.6 Å². The molecule has 29 heavy (non-hydrogen) atoms. The standard InChI is InChI=1S/C21H18ClN5O2/c1-24-18-17(19(28)27(21(24)29)13-14-6-5-7-15(22)12-14)26-11-10-25(20(26)23-18)16-8-3-2-4-9-16/h2-9,12H,10-11,13H2,1H3. The Hall–Kier alpha value is -3.32. The maximum absolute atomic E-state index is 13.3. The third-order valence-corrected chi connectivity index (χ3v) is 5.53. The fourth-order valence-electron chi connectivity index (χ4n) is 3.89. The van der Waals surface area contributed by atoms with Crippen molar-refractivity contribution in [2.45, 2.75) is 13.1 Å². The maximum atomic E-state index is 13.3. The number of hydrogen-bond acceptors (Lipinski definition) is 4. The first-order chi connectivity index (χ1) is 14.0. The second kappa shape index (κ2) is 6.63. The van der Waals surface area contributed by atoms with Gasteiger partial charge in [0, 0.05) is 30.8 Å². The lowest BCUT2D eigenvalue weighted by molar-refractivity contribution is 0.652. The summed E-state index contributed by atoms with van der Waals surface area (Å²) in [6.07, 6.45) is 0. The number of benzene rings is 2. The van der Waals surface area contributed by atoms with Crippen LogP contribution in [0.5, 0.6) is 0 Å². The summed E-state index contributed by atoms with van der Waals surface area (Å²) in [6, 6.07) is 17.1. The van der Waals surface area contributed by atoms with Gasteiger partial charge in [0.1, 0.15) is 0 Å². The molecular weight excluding hydrogens is 390 g/mol. The molecule has 146 valence electrons. The summed E-state index contributed by atoms with van der Waals surface area (Å²) in [4.78, 5) is 32.9. The molecule has 0 saturated carbocycles. The molecule has 0 atom stereocenters. The van der Waals surface area contributed by atoms with E-state index in [1.54, 1.807) is 25.2 Å². The average molecular weight is 408 g/mol. The molecule has 0 radical (unpaired) electrons. The molecule has 8 heteroatoms. The van der Waals surface area contributed by atoms with Gasteiger partial charge >= 0.3 is 5.69 Å². The van der Waals surface area contributed by atoms with E-state index in [-0.39, 0.29) is 12.1 Å². The van der Waals surface area contributed by atoms with Crippen LogP contribution in [0.15, 0.2) is 64.2 Å². The van der Waals surface area contributed by atoms with E-state index in [9.17, 15) is 9.59 Å². The molecule has 1 aliphatic rings. The minimum atomic E-state index is -0.398. The van der Waals surface area contributed by atoms with Gasteiger partial charge in [-0.05, 0) is 29.8 Å². The van der Waals surface area contributed by atoms with Gasteiger partial charge in [-0.15, -0.1) is 0 Å². The average Bonchev–Trinajstić information content (AvgIpc) is 3.30. The van der Waals surface area contributed by atoms with Crippen LogP contribution in [0.4, 0.5) is 11.6 Å². The van der Waals surface area contributed by atoms with E-state index in [2.05, 4.69) is 9.88 Å². The molecule has 0 aliphatic carbocycles. The van der Waals surface area contributed by atoms with E-state index in [1.165, 1.54) is 9.13 Å². The van der Waals surface area contributed by atoms with Crippen molar-refractivity contribution < 1.29 is 0 Å². The van der Waals surface area contributed by atoms with E-state index in [1.807, 2.05) is 41.0 Å². The summed E-state index contributed by atoms with van der Waals surface area (Å²) < 4.78 is 4.59. The largest absolute Gasteiger partial charge is 0.332 e. The van der Waals surface area contributed by atoms with Gasteiger partial charge < -0.3 is 9.47 Å². The number of rotatable bonds is 3. The van der Waals surface area contributed by atoms with Gasteiger partial charge in [-0.3, -0.25) is 13.9 Å². The molecule has 2 aromatic carbocycles. The zero-order valence-corrected chi connectivity index (χ0v) is 16.5. The summed E-state index contributed by atoms with van der Waals surface area (Å²) in [5, 5.41) is 0.567. The molecule has 3 heterocycles. The molecular formula is C21H18ClN5O2. The van der Waals surface area contributed by atoms with Crippen molar-refractivity contribution in [3.63, 3.8) is 0 Å². The fraction of sp³-hybridized carbons (Fsp3) is 0.190. The summed E-state index contributed by atoms with van der Waals surface area (Å²) in [5.74, 6) is 0.679. The van der Waals surface area contributed by atoms with Gasteiger partial charge in [-0.1, -0.05) is 41.9 Å². The predicted molar refractivity (Wildman–Crippen MR) is 113 cm³/mol. The smallest absolute Gasteiger partial charge is 0.310 e. The van der Waals surface area contributed by atoms with Crippen LogP contribution in [0.1, 0.15) is 5.56 Å². The van der Waals surface area contributed by atoms with Gasteiger partial charge in [0.2, 0.25) is 5.95 Å². The number of halogens is 1. The lowest BCUT2D eigenvalue weighted by atomic mass is 10.2. The zero-order valence-electron chi connectivity index (χ0n) is 15.7.